The van der Waals surface area contributed by atoms with Crippen LogP contribution in [0.15, 0.2) is 28.7 Å². The van der Waals surface area contributed by atoms with Gasteiger partial charge in [-0.3, -0.25) is 9.69 Å². The zero-order valence-electron chi connectivity index (χ0n) is 15.9. The molecule has 2 aromatic rings. The fourth-order valence-electron chi connectivity index (χ4n) is 3.54. The Kier molecular flexibility index (Phi) is 6.65. The summed E-state index contributed by atoms with van der Waals surface area (Å²) in [4.78, 5) is 14.5. The predicted octanol–water partition coefficient (Wildman–Crippen LogP) is 3.55. The Morgan fingerprint density at radius 2 is 2.11 bits per heavy atom. The molecular formula is C20H24ClN5O2. The van der Waals surface area contributed by atoms with Crippen molar-refractivity contribution in [3.8, 4) is 17.5 Å². The van der Waals surface area contributed by atoms with Gasteiger partial charge in [0.05, 0.1) is 29.7 Å². The van der Waals surface area contributed by atoms with Crippen LogP contribution in [0, 0.1) is 11.3 Å². The van der Waals surface area contributed by atoms with Gasteiger partial charge in [-0.25, -0.2) is 0 Å². The molecule has 1 heterocycles. The molecule has 1 N–H and O–H groups in total. The molecule has 1 aromatic carbocycles. The molecule has 1 saturated carbocycles. The molecule has 1 aliphatic rings. The molecule has 1 aliphatic carbocycles. The van der Waals surface area contributed by atoms with Crippen molar-refractivity contribution in [3.05, 3.63) is 35.2 Å². The first kappa shape index (κ1) is 20.3. The van der Waals surface area contributed by atoms with Gasteiger partial charge in [-0.2, -0.15) is 5.26 Å². The van der Waals surface area contributed by atoms with E-state index in [1.54, 1.807) is 6.07 Å². The topological polar surface area (TPSA) is 95.1 Å². The van der Waals surface area contributed by atoms with Crippen LogP contribution in [0.25, 0.3) is 11.5 Å². The third-order valence-electron chi connectivity index (χ3n) is 4.89. The third-order valence-corrected chi connectivity index (χ3v) is 5.22. The van der Waals surface area contributed by atoms with E-state index in [0.717, 1.165) is 19.3 Å². The Morgan fingerprint density at radius 3 is 2.79 bits per heavy atom. The van der Waals surface area contributed by atoms with E-state index in [0.29, 0.717) is 48.3 Å². The molecule has 0 spiro atoms. The Labute approximate surface area is 169 Å². The monoisotopic (exact) mass is 401 g/mol. The van der Waals surface area contributed by atoms with E-state index in [4.69, 9.17) is 16.0 Å². The van der Waals surface area contributed by atoms with Crippen molar-refractivity contribution in [1.82, 2.24) is 20.4 Å². The maximum atomic E-state index is 12.5. The number of carbonyl (C=O) groups is 1. The molecule has 0 aliphatic heterocycles. The standard InChI is InChI=1S/C20H24ClN5O2/c1-2-11-26(12-17(27)23-20(14-22)9-5-6-10-20)13-18-24-25-19(28-18)15-7-3-4-8-16(15)21/h3-4,7-8H,2,5-6,9-13H2,1H3,(H,23,27). The summed E-state index contributed by atoms with van der Waals surface area (Å²) in [5.74, 6) is 0.630. The van der Waals surface area contributed by atoms with Crippen LogP contribution in [0.1, 0.15) is 44.9 Å². The lowest BCUT2D eigenvalue weighted by Gasteiger charge is -2.25. The van der Waals surface area contributed by atoms with Crippen LogP contribution >= 0.6 is 11.6 Å². The second kappa shape index (κ2) is 9.18. The minimum Gasteiger partial charge on any atom is -0.419 e. The van der Waals surface area contributed by atoms with Gasteiger partial charge in [0, 0.05) is 0 Å². The first-order chi connectivity index (χ1) is 13.5. The maximum Gasteiger partial charge on any atom is 0.249 e. The molecule has 8 heteroatoms. The number of hydrogen-bond donors (Lipinski definition) is 1. The number of rotatable bonds is 8. The van der Waals surface area contributed by atoms with Crippen LogP contribution in [-0.4, -0.2) is 39.6 Å². The normalized spacial score (nSPS) is 15.5. The minimum atomic E-state index is -0.712. The van der Waals surface area contributed by atoms with Crippen molar-refractivity contribution in [2.24, 2.45) is 0 Å². The Hall–Kier alpha value is -2.43. The first-order valence-electron chi connectivity index (χ1n) is 9.57. The predicted molar refractivity (Wildman–Crippen MR) is 105 cm³/mol. The van der Waals surface area contributed by atoms with Crippen LogP contribution in [0.4, 0.5) is 0 Å². The summed E-state index contributed by atoms with van der Waals surface area (Å²) in [5.41, 5.74) is -0.0312. The van der Waals surface area contributed by atoms with E-state index < -0.39 is 5.54 Å². The van der Waals surface area contributed by atoms with E-state index in [1.807, 2.05) is 30.0 Å². The van der Waals surface area contributed by atoms with Crippen molar-refractivity contribution in [2.75, 3.05) is 13.1 Å². The molecule has 1 aromatic heterocycles. The van der Waals surface area contributed by atoms with Crippen LogP contribution in [0.3, 0.4) is 0 Å². The fraction of sp³-hybridized carbons (Fsp3) is 0.500. The lowest BCUT2D eigenvalue weighted by molar-refractivity contribution is -0.123. The van der Waals surface area contributed by atoms with Crippen LogP contribution in [0.5, 0.6) is 0 Å². The largest absolute Gasteiger partial charge is 0.419 e. The van der Waals surface area contributed by atoms with Gasteiger partial charge in [0.25, 0.3) is 0 Å². The van der Waals surface area contributed by atoms with Gasteiger partial charge in [-0.05, 0) is 50.8 Å². The van der Waals surface area contributed by atoms with Gasteiger partial charge in [0.15, 0.2) is 0 Å². The summed E-state index contributed by atoms with van der Waals surface area (Å²) in [6, 6.07) is 9.56. The molecule has 148 valence electrons. The number of nitrogens with one attached hydrogen (secondary N) is 1. The van der Waals surface area contributed by atoms with Gasteiger partial charge in [0.1, 0.15) is 5.54 Å². The highest BCUT2D eigenvalue weighted by Gasteiger charge is 2.35. The average molecular weight is 402 g/mol. The van der Waals surface area contributed by atoms with Crippen LogP contribution < -0.4 is 5.32 Å². The van der Waals surface area contributed by atoms with Crippen LogP contribution in [0.2, 0.25) is 5.02 Å². The van der Waals surface area contributed by atoms with Gasteiger partial charge in [0.2, 0.25) is 17.7 Å². The molecule has 0 bridgehead atoms. The summed E-state index contributed by atoms with van der Waals surface area (Å²) < 4.78 is 5.75. The van der Waals surface area contributed by atoms with Gasteiger partial charge in [-0.15, -0.1) is 10.2 Å². The van der Waals surface area contributed by atoms with Gasteiger partial charge < -0.3 is 9.73 Å². The number of benzene rings is 1. The Balaban J connectivity index is 1.64. The molecule has 3 rings (SSSR count). The third kappa shape index (κ3) is 4.89. The maximum absolute atomic E-state index is 12.5. The number of carbonyl (C=O) groups excluding carboxylic acids is 1. The molecular weight excluding hydrogens is 378 g/mol. The highest BCUT2D eigenvalue weighted by atomic mass is 35.5. The molecule has 28 heavy (non-hydrogen) atoms. The minimum absolute atomic E-state index is 0.150. The smallest absolute Gasteiger partial charge is 0.249 e. The van der Waals surface area contributed by atoms with Crippen molar-refractivity contribution in [1.29, 1.82) is 5.26 Å². The quantitative estimate of drug-likeness (QED) is 0.726. The molecule has 1 fully saturated rings. The second-order valence-corrected chi connectivity index (χ2v) is 7.55. The molecule has 0 radical (unpaired) electrons. The number of halogens is 1. The summed E-state index contributed by atoms with van der Waals surface area (Å²) in [6.07, 6.45) is 4.25. The fourth-order valence-corrected chi connectivity index (χ4v) is 3.75. The van der Waals surface area contributed by atoms with Crippen molar-refractivity contribution in [3.63, 3.8) is 0 Å². The molecule has 1 amide bonds. The summed E-state index contributed by atoms with van der Waals surface area (Å²) >= 11 is 6.18. The lowest BCUT2D eigenvalue weighted by atomic mass is 10.00. The number of nitriles is 1. The first-order valence-corrected chi connectivity index (χ1v) is 9.95. The highest BCUT2D eigenvalue weighted by Crippen LogP contribution is 2.29. The SMILES string of the molecule is CCCN(CC(=O)NC1(C#N)CCCC1)Cc1nnc(-c2ccccc2Cl)o1. The second-order valence-electron chi connectivity index (χ2n) is 7.14. The van der Waals surface area contributed by atoms with E-state index in [2.05, 4.69) is 21.6 Å². The average Bonchev–Trinajstić information content (AvgIpc) is 3.32. The zero-order valence-corrected chi connectivity index (χ0v) is 16.7. The van der Waals surface area contributed by atoms with E-state index in [9.17, 15) is 10.1 Å². The zero-order chi connectivity index (χ0) is 20.0. The van der Waals surface area contributed by atoms with Gasteiger partial charge in [-0.1, -0.05) is 30.7 Å². The summed E-state index contributed by atoms with van der Waals surface area (Å²) in [5, 5.41) is 21.1. The van der Waals surface area contributed by atoms with Crippen LogP contribution in [-0.2, 0) is 11.3 Å². The molecule has 0 unspecified atom stereocenters. The number of nitrogens with zero attached hydrogens (tertiary/aromatic N) is 4. The van der Waals surface area contributed by atoms with Crippen molar-refractivity contribution < 1.29 is 9.21 Å². The highest BCUT2D eigenvalue weighted by molar-refractivity contribution is 6.33. The molecule has 0 atom stereocenters. The number of amides is 1. The molecule has 7 nitrogen and oxygen atoms in total. The van der Waals surface area contributed by atoms with E-state index in [-0.39, 0.29) is 12.5 Å². The van der Waals surface area contributed by atoms with Crippen molar-refractivity contribution >= 4 is 17.5 Å². The molecule has 0 saturated heterocycles. The van der Waals surface area contributed by atoms with Gasteiger partial charge >= 0.3 is 0 Å². The summed E-state index contributed by atoms with van der Waals surface area (Å²) in [7, 11) is 0. The number of hydrogen-bond acceptors (Lipinski definition) is 6. The van der Waals surface area contributed by atoms with Crippen molar-refractivity contribution in [2.45, 2.75) is 51.1 Å². The Bertz CT molecular complexity index is 854. The lowest BCUT2D eigenvalue weighted by Crippen LogP contribution is -2.49. The summed E-state index contributed by atoms with van der Waals surface area (Å²) in [6.45, 7) is 3.29. The number of aromatic nitrogens is 2. The Morgan fingerprint density at radius 1 is 1.36 bits per heavy atom. The van der Waals surface area contributed by atoms with E-state index in [1.165, 1.54) is 0 Å². The van der Waals surface area contributed by atoms with E-state index >= 15 is 0 Å².